The molecule has 0 aliphatic carbocycles. The molecule has 1 aromatic rings. The lowest BCUT2D eigenvalue weighted by Crippen LogP contribution is -2.25. The molecule has 5 nitrogen and oxygen atoms in total. The number of aliphatic carboxylic acids is 1. The van der Waals surface area contributed by atoms with Crippen LogP contribution in [0.2, 0.25) is 0 Å². The van der Waals surface area contributed by atoms with Gasteiger partial charge in [0.05, 0.1) is 20.1 Å². The first-order valence-electron chi connectivity index (χ1n) is 7.15. The summed E-state index contributed by atoms with van der Waals surface area (Å²) in [6.07, 6.45) is 2.36. The molecule has 0 aliphatic rings. The Morgan fingerprint density at radius 2 is 1.81 bits per heavy atom. The zero-order valence-corrected chi connectivity index (χ0v) is 13.0. The summed E-state index contributed by atoms with van der Waals surface area (Å²) in [4.78, 5) is 11.0. The van der Waals surface area contributed by atoms with Crippen molar-refractivity contribution in [1.82, 2.24) is 0 Å². The smallest absolute Gasteiger partial charge is 0.307 e. The molecule has 1 aromatic carbocycles. The summed E-state index contributed by atoms with van der Waals surface area (Å²) >= 11 is 0. The van der Waals surface area contributed by atoms with Crippen LogP contribution in [-0.2, 0) is 11.2 Å². The number of ether oxygens (including phenoxy) is 2. The van der Waals surface area contributed by atoms with Gasteiger partial charge in [0.15, 0.2) is 0 Å². The van der Waals surface area contributed by atoms with E-state index in [1.807, 2.05) is 18.2 Å². The van der Waals surface area contributed by atoms with Crippen molar-refractivity contribution in [2.45, 2.75) is 26.2 Å². The van der Waals surface area contributed by atoms with Crippen LogP contribution in [0.3, 0.4) is 0 Å². The molecule has 0 fully saturated rings. The summed E-state index contributed by atoms with van der Waals surface area (Å²) < 4.78 is 10.5. The fourth-order valence-electron chi connectivity index (χ4n) is 2.33. The first-order valence-corrected chi connectivity index (χ1v) is 7.15. The second-order valence-corrected chi connectivity index (χ2v) is 5.37. The predicted octanol–water partition coefficient (Wildman–Crippen LogP) is 2.32. The lowest BCUT2D eigenvalue weighted by atomic mass is 9.91. The molecule has 0 amide bonds. The molecule has 21 heavy (non-hydrogen) atoms. The minimum Gasteiger partial charge on any atom is -0.497 e. The first-order chi connectivity index (χ1) is 9.99. The second kappa shape index (κ2) is 8.52. The van der Waals surface area contributed by atoms with Crippen molar-refractivity contribution in [3.8, 4) is 11.5 Å². The summed E-state index contributed by atoms with van der Waals surface area (Å²) in [5.41, 5.74) is 6.61. The van der Waals surface area contributed by atoms with E-state index in [1.54, 1.807) is 14.2 Å². The Kier molecular flexibility index (Phi) is 7.02. The van der Waals surface area contributed by atoms with Gasteiger partial charge < -0.3 is 20.3 Å². The Hall–Kier alpha value is -1.75. The highest BCUT2D eigenvalue weighted by atomic mass is 16.5. The van der Waals surface area contributed by atoms with Crippen LogP contribution in [0, 0.1) is 11.8 Å². The van der Waals surface area contributed by atoms with E-state index in [9.17, 15) is 4.79 Å². The van der Waals surface area contributed by atoms with Gasteiger partial charge in [-0.3, -0.25) is 4.79 Å². The average molecular weight is 295 g/mol. The number of carboxylic acid groups (broad SMARTS) is 1. The van der Waals surface area contributed by atoms with Gasteiger partial charge in [-0.05, 0) is 42.9 Å². The molecule has 0 saturated carbocycles. The fourth-order valence-corrected chi connectivity index (χ4v) is 2.33. The van der Waals surface area contributed by atoms with E-state index in [2.05, 4.69) is 6.92 Å². The number of aryl methyl sites for hydroxylation is 1. The Morgan fingerprint density at radius 3 is 2.24 bits per heavy atom. The predicted molar refractivity (Wildman–Crippen MR) is 81.8 cm³/mol. The molecule has 5 heteroatoms. The summed E-state index contributed by atoms with van der Waals surface area (Å²) in [5.74, 6) is 0.559. The molecule has 0 aromatic heterocycles. The van der Waals surface area contributed by atoms with Crippen LogP contribution in [0.15, 0.2) is 18.2 Å². The third kappa shape index (κ3) is 5.63. The molecular weight excluding hydrogens is 270 g/mol. The number of carboxylic acids is 1. The van der Waals surface area contributed by atoms with Crippen molar-refractivity contribution in [2.75, 3.05) is 20.8 Å². The Morgan fingerprint density at radius 1 is 1.24 bits per heavy atom. The maximum atomic E-state index is 11.0. The van der Waals surface area contributed by atoms with E-state index in [4.69, 9.17) is 20.3 Å². The maximum Gasteiger partial charge on any atom is 0.307 e. The van der Waals surface area contributed by atoms with Crippen LogP contribution in [0.25, 0.3) is 0 Å². The Bertz CT molecular complexity index is 439. The molecule has 0 aliphatic heterocycles. The van der Waals surface area contributed by atoms with Crippen molar-refractivity contribution < 1.29 is 19.4 Å². The van der Waals surface area contributed by atoms with Crippen LogP contribution in [0.4, 0.5) is 0 Å². The Labute approximate surface area is 126 Å². The number of methoxy groups -OCH3 is 2. The highest BCUT2D eigenvalue weighted by Gasteiger charge is 2.18. The molecule has 3 N–H and O–H groups in total. The van der Waals surface area contributed by atoms with Gasteiger partial charge in [0.1, 0.15) is 11.5 Å². The van der Waals surface area contributed by atoms with Crippen molar-refractivity contribution in [1.29, 1.82) is 0 Å². The largest absolute Gasteiger partial charge is 0.497 e. The fraction of sp³-hybridized carbons (Fsp3) is 0.562. The standard InChI is InChI=1S/C16H25NO4/c1-11(6-13(10-17)16(18)19)4-5-12-7-14(20-2)9-15(8-12)21-3/h7-9,11,13H,4-6,10,17H2,1-3H3,(H,18,19). The summed E-state index contributed by atoms with van der Waals surface area (Å²) in [7, 11) is 3.25. The van der Waals surface area contributed by atoms with E-state index in [0.29, 0.717) is 12.3 Å². The summed E-state index contributed by atoms with van der Waals surface area (Å²) in [6.45, 7) is 2.25. The molecule has 0 radical (unpaired) electrons. The van der Waals surface area contributed by atoms with Crippen molar-refractivity contribution >= 4 is 5.97 Å². The summed E-state index contributed by atoms with van der Waals surface area (Å²) in [5, 5.41) is 9.03. The second-order valence-electron chi connectivity index (χ2n) is 5.37. The van der Waals surface area contributed by atoms with Crippen molar-refractivity contribution in [3.05, 3.63) is 23.8 Å². The van der Waals surface area contributed by atoms with Crippen molar-refractivity contribution in [3.63, 3.8) is 0 Å². The minimum atomic E-state index is -0.813. The molecule has 0 heterocycles. The monoisotopic (exact) mass is 295 g/mol. The number of benzene rings is 1. The Balaban J connectivity index is 2.59. The molecular formula is C16H25NO4. The van der Waals surface area contributed by atoms with E-state index >= 15 is 0 Å². The van der Waals surface area contributed by atoms with Gasteiger partial charge in [0, 0.05) is 12.6 Å². The lowest BCUT2D eigenvalue weighted by Gasteiger charge is -2.16. The molecule has 2 atom stereocenters. The molecule has 0 bridgehead atoms. The van der Waals surface area contributed by atoms with Crippen molar-refractivity contribution in [2.24, 2.45) is 17.6 Å². The van der Waals surface area contributed by atoms with Gasteiger partial charge in [0.25, 0.3) is 0 Å². The van der Waals surface area contributed by atoms with E-state index in [0.717, 1.165) is 29.9 Å². The average Bonchev–Trinajstić information content (AvgIpc) is 2.49. The summed E-state index contributed by atoms with van der Waals surface area (Å²) in [6, 6.07) is 5.79. The van der Waals surface area contributed by atoms with Gasteiger partial charge in [-0.15, -0.1) is 0 Å². The highest BCUT2D eigenvalue weighted by Crippen LogP contribution is 2.25. The van der Waals surface area contributed by atoms with Crippen LogP contribution in [0.1, 0.15) is 25.3 Å². The number of hydrogen-bond donors (Lipinski definition) is 2. The number of rotatable bonds is 9. The molecule has 0 saturated heterocycles. The number of nitrogens with two attached hydrogens (primary N) is 1. The third-order valence-electron chi connectivity index (χ3n) is 3.66. The maximum absolute atomic E-state index is 11.0. The van der Waals surface area contributed by atoms with Crippen LogP contribution >= 0.6 is 0 Å². The number of hydrogen-bond acceptors (Lipinski definition) is 4. The van der Waals surface area contributed by atoms with E-state index < -0.39 is 11.9 Å². The van der Waals surface area contributed by atoms with E-state index in [1.165, 1.54) is 0 Å². The first kappa shape index (κ1) is 17.3. The van der Waals surface area contributed by atoms with Gasteiger partial charge in [-0.1, -0.05) is 6.92 Å². The van der Waals surface area contributed by atoms with E-state index in [-0.39, 0.29) is 6.54 Å². The number of carbonyl (C=O) groups is 1. The SMILES string of the molecule is COc1cc(CCC(C)CC(CN)C(=O)O)cc(OC)c1. The van der Waals surface area contributed by atoms with Crippen LogP contribution in [-0.4, -0.2) is 31.8 Å². The highest BCUT2D eigenvalue weighted by molar-refractivity contribution is 5.70. The topological polar surface area (TPSA) is 81.8 Å². The minimum absolute atomic E-state index is 0.187. The quantitative estimate of drug-likeness (QED) is 0.730. The van der Waals surface area contributed by atoms with Crippen LogP contribution < -0.4 is 15.2 Å². The lowest BCUT2D eigenvalue weighted by molar-refractivity contribution is -0.141. The molecule has 1 rings (SSSR count). The van der Waals surface area contributed by atoms with Gasteiger partial charge >= 0.3 is 5.97 Å². The normalized spacial score (nSPS) is 13.5. The molecule has 2 unspecified atom stereocenters. The molecule has 0 spiro atoms. The van der Waals surface area contributed by atoms with Gasteiger partial charge in [-0.25, -0.2) is 0 Å². The van der Waals surface area contributed by atoms with Crippen LogP contribution in [0.5, 0.6) is 11.5 Å². The van der Waals surface area contributed by atoms with Gasteiger partial charge in [0.2, 0.25) is 0 Å². The zero-order chi connectivity index (χ0) is 15.8. The molecule has 118 valence electrons. The zero-order valence-electron chi connectivity index (χ0n) is 13.0. The third-order valence-corrected chi connectivity index (χ3v) is 3.66. The van der Waals surface area contributed by atoms with Gasteiger partial charge in [-0.2, -0.15) is 0 Å².